The zero-order chi connectivity index (χ0) is 16.4. The number of amides is 1. The fraction of sp³-hybridized carbons (Fsp3) is 0.556. The van der Waals surface area contributed by atoms with E-state index < -0.39 is 5.41 Å². The molecule has 1 aliphatic carbocycles. The van der Waals surface area contributed by atoms with E-state index in [9.17, 15) is 10.1 Å². The normalized spacial score (nSPS) is 18.9. The molecule has 1 heterocycles. The third kappa shape index (κ3) is 2.63. The van der Waals surface area contributed by atoms with Gasteiger partial charge in [-0.3, -0.25) is 4.79 Å². The van der Waals surface area contributed by atoms with E-state index in [-0.39, 0.29) is 5.91 Å². The molecule has 1 aliphatic heterocycles. The molecule has 0 atom stereocenters. The first kappa shape index (κ1) is 15.7. The first-order valence-electron chi connectivity index (χ1n) is 8.08. The zero-order valence-corrected chi connectivity index (χ0v) is 13.7. The van der Waals surface area contributed by atoms with Crippen molar-refractivity contribution in [3.05, 3.63) is 23.3 Å². The summed E-state index contributed by atoms with van der Waals surface area (Å²) in [5.74, 6) is 1.39. The van der Waals surface area contributed by atoms with Crippen LogP contribution in [-0.2, 0) is 17.8 Å². The highest BCUT2D eigenvalue weighted by atomic mass is 16.5. The third-order valence-corrected chi connectivity index (χ3v) is 5.09. The summed E-state index contributed by atoms with van der Waals surface area (Å²) < 4.78 is 10.7. The van der Waals surface area contributed by atoms with E-state index in [0.29, 0.717) is 31.7 Å². The molecule has 122 valence electrons. The Morgan fingerprint density at radius 3 is 2.35 bits per heavy atom. The van der Waals surface area contributed by atoms with Crippen molar-refractivity contribution in [2.75, 3.05) is 20.8 Å². The molecule has 1 saturated carbocycles. The van der Waals surface area contributed by atoms with Gasteiger partial charge in [0.05, 0.1) is 20.3 Å². The Balaban J connectivity index is 1.85. The number of nitriles is 1. The first-order chi connectivity index (χ1) is 11.1. The molecule has 23 heavy (non-hydrogen) atoms. The number of ether oxygens (including phenoxy) is 2. The number of rotatable bonds is 3. The molecule has 3 rings (SSSR count). The molecule has 2 aliphatic rings. The van der Waals surface area contributed by atoms with E-state index in [2.05, 4.69) is 6.07 Å². The minimum atomic E-state index is -0.798. The molecule has 0 aromatic heterocycles. The smallest absolute Gasteiger partial charge is 0.243 e. The molecule has 5 heteroatoms. The number of hydrogen-bond acceptors (Lipinski definition) is 4. The zero-order valence-electron chi connectivity index (χ0n) is 13.7. The van der Waals surface area contributed by atoms with E-state index in [0.717, 1.165) is 30.6 Å². The van der Waals surface area contributed by atoms with Gasteiger partial charge >= 0.3 is 0 Å². The predicted octanol–water partition coefficient (Wildman–Crippen LogP) is 2.67. The predicted molar refractivity (Wildman–Crippen MR) is 85.2 cm³/mol. The van der Waals surface area contributed by atoms with Crippen molar-refractivity contribution in [2.24, 2.45) is 5.41 Å². The van der Waals surface area contributed by atoms with E-state index in [1.54, 1.807) is 14.2 Å². The number of hydrogen-bond donors (Lipinski definition) is 0. The van der Waals surface area contributed by atoms with Gasteiger partial charge in [0.2, 0.25) is 5.91 Å². The van der Waals surface area contributed by atoms with Crippen LogP contribution < -0.4 is 9.47 Å². The monoisotopic (exact) mass is 314 g/mol. The van der Waals surface area contributed by atoms with Crippen LogP contribution in [0.4, 0.5) is 0 Å². The molecule has 1 aromatic carbocycles. The number of methoxy groups -OCH3 is 2. The van der Waals surface area contributed by atoms with Crippen LogP contribution in [0, 0.1) is 16.7 Å². The van der Waals surface area contributed by atoms with Gasteiger partial charge in [-0.2, -0.15) is 5.26 Å². The second kappa shape index (κ2) is 6.11. The average Bonchev–Trinajstić information content (AvgIpc) is 3.09. The second-order valence-corrected chi connectivity index (χ2v) is 6.35. The summed E-state index contributed by atoms with van der Waals surface area (Å²) >= 11 is 0. The van der Waals surface area contributed by atoms with Crippen molar-refractivity contribution in [1.82, 2.24) is 4.90 Å². The fourth-order valence-electron chi connectivity index (χ4n) is 3.71. The van der Waals surface area contributed by atoms with E-state index in [1.807, 2.05) is 17.0 Å². The van der Waals surface area contributed by atoms with Crippen LogP contribution in [0.2, 0.25) is 0 Å². The minimum absolute atomic E-state index is 0.00191. The van der Waals surface area contributed by atoms with Crippen LogP contribution in [0.5, 0.6) is 11.5 Å². The molecule has 0 N–H and O–H groups in total. The number of benzene rings is 1. The van der Waals surface area contributed by atoms with Gasteiger partial charge in [-0.25, -0.2) is 0 Å². The summed E-state index contributed by atoms with van der Waals surface area (Å²) in [6.45, 7) is 1.20. The summed E-state index contributed by atoms with van der Waals surface area (Å²) in [5, 5.41) is 9.53. The molecule has 0 unspecified atom stereocenters. The summed E-state index contributed by atoms with van der Waals surface area (Å²) in [4.78, 5) is 14.7. The van der Waals surface area contributed by atoms with Crippen LogP contribution >= 0.6 is 0 Å². The Morgan fingerprint density at radius 2 is 1.78 bits per heavy atom. The first-order valence-corrected chi connectivity index (χ1v) is 8.08. The summed E-state index contributed by atoms with van der Waals surface area (Å²) in [7, 11) is 3.23. The topological polar surface area (TPSA) is 62.6 Å². The Labute approximate surface area is 136 Å². The van der Waals surface area contributed by atoms with Crippen molar-refractivity contribution >= 4 is 5.91 Å². The van der Waals surface area contributed by atoms with Gasteiger partial charge < -0.3 is 14.4 Å². The molecule has 0 spiro atoms. The molecular formula is C18H22N2O3. The minimum Gasteiger partial charge on any atom is -0.493 e. The summed E-state index contributed by atoms with van der Waals surface area (Å²) in [6.07, 6.45) is 4.10. The average molecular weight is 314 g/mol. The van der Waals surface area contributed by atoms with Crippen LogP contribution in [0.1, 0.15) is 36.8 Å². The molecule has 1 amide bonds. The highest BCUT2D eigenvalue weighted by Gasteiger charge is 2.44. The summed E-state index contributed by atoms with van der Waals surface area (Å²) in [6, 6.07) is 6.24. The van der Waals surface area contributed by atoms with Gasteiger partial charge in [0.1, 0.15) is 5.41 Å². The van der Waals surface area contributed by atoms with Crippen molar-refractivity contribution < 1.29 is 14.3 Å². The van der Waals surface area contributed by atoms with Gasteiger partial charge in [-0.15, -0.1) is 0 Å². The van der Waals surface area contributed by atoms with Gasteiger partial charge in [-0.1, -0.05) is 12.8 Å². The number of carbonyl (C=O) groups is 1. The largest absolute Gasteiger partial charge is 0.493 e. The van der Waals surface area contributed by atoms with Crippen LogP contribution in [0.15, 0.2) is 12.1 Å². The van der Waals surface area contributed by atoms with Crippen LogP contribution in [0.25, 0.3) is 0 Å². The maximum Gasteiger partial charge on any atom is 0.243 e. The quantitative estimate of drug-likeness (QED) is 0.860. The van der Waals surface area contributed by atoms with Gasteiger partial charge in [0.25, 0.3) is 0 Å². The van der Waals surface area contributed by atoms with E-state index >= 15 is 0 Å². The highest BCUT2D eigenvalue weighted by Crippen LogP contribution is 2.40. The highest BCUT2D eigenvalue weighted by molar-refractivity contribution is 5.86. The van der Waals surface area contributed by atoms with Crippen LogP contribution in [-0.4, -0.2) is 31.6 Å². The van der Waals surface area contributed by atoms with Crippen molar-refractivity contribution in [2.45, 2.75) is 38.6 Å². The Morgan fingerprint density at radius 1 is 1.17 bits per heavy atom. The fourth-order valence-corrected chi connectivity index (χ4v) is 3.71. The lowest BCUT2D eigenvalue weighted by Gasteiger charge is -2.34. The third-order valence-electron chi connectivity index (χ3n) is 5.09. The van der Waals surface area contributed by atoms with Gasteiger partial charge in [0.15, 0.2) is 11.5 Å². The Bertz CT molecular complexity index is 657. The SMILES string of the molecule is COc1cc2c(cc1OC)CN(C(=O)C1(C#N)CCCC1)CC2. The molecule has 0 saturated heterocycles. The maximum atomic E-state index is 12.9. The number of nitrogens with zero attached hydrogens (tertiary/aromatic N) is 2. The van der Waals surface area contributed by atoms with Crippen molar-refractivity contribution in [3.63, 3.8) is 0 Å². The molecule has 0 radical (unpaired) electrons. The second-order valence-electron chi connectivity index (χ2n) is 6.35. The van der Waals surface area contributed by atoms with Gasteiger partial charge in [-0.05, 0) is 42.5 Å². The van der Waals surface area contributed by atoms with Crippen LogP contribution in [0.3, 0.4) is 0 Å². The molecular weight excluding hydrogens is 292 g/mol. The lowest BCUT2D eigenvalue weighted by molar-refractivity contribution is -0.139. The molecule has 0 bridgehead atoms. The lowest BCUT2D eigenvalue weighted by Crippen LogP contribution is -2.44. The van der Waals surface area contributed by atoms with E-state index in [4.69, 9.17) is 9.47 Å². The Hall–Kier alpha value is -2.22. The molecule has 1 aromatic rings. The Kier molecular flexibility index (Phi) is 4.16. The maximum absolute atomic E-state index is 12.9. The van der Waals surface area contributed by atoms with Crippen molar-refractivity contribution in [3.8, 4) is 17.6 Å². The summed E-state index contributed by atoms with van der Waals surface area (Å²) in [5.41, 5.74) is 1.46. The van der Waals surface area contributed by atoms with Gasteiger partial charge in [0, 0.05) is 13.1 Å². The standard InChI is InChI=1S/C18H22N2O3/c1-22-15-9-13-5-8-20(11-14(13)10-16(15)23-2)17(21)18(12-19)6-3-4-7-18/h9-10H,3-8,11H2,1-2H3. The number of carbonyl (C=O) groups excluding carboxylic acids is 1. The number of fused-ring (bicyclic) bond motifs is 1. The lowest BCUT2D eigenvalue weighted by atomic mass is 9.85. The van der Waals surface area contributed by atoms with E-state index in [1.165, 1.54) is 5.56 Å². The molecule has 1 fully saturated rings. The van der Waals surface area contributed by atoms with Crippen molar-refractivity contribution in [1.29, 1.82) is 5.26 Å². The molecule has 5 nitrogen and oxygen atoms in total.